The third kappa shape index (κ3) is 32.7. The Balaban J connectivity index is -0.000000969. The minimum atomic E-state index is -0.410. The van der Waals surface area contributed by atoms with E-state index in [-0.39, 0.29) is 1.43 Å². The molecule has 0 aromatic heterocycles. The Morgan fingerprint density at radius 1 is 0.500 bits per heavy atom. The molecule has 32 heavy (non-hydrogen) atoms. The van der Waals surface area contributed by atoms with E-state index in [4.69, 9.17) is 0 Å². The normalized spacial score (nSPS) is 10.3. The predicted octanol–water partition coefficient (Wildman–Crippen LogP) is 11.7. The molecule has 0 heterocycles. The van der Waals surface area contributed by atoms with Gasteiger partial charge in [0.1, 0.15) is 0 Å². The molecule has 1 radical (unpaired) electrons. The van der Waals surface area contributed by atoms with Gasteiger partial charge in [-0.1, -0.05) is 163 Å². The summed E-state index contributed by atoms with van der Waals surface area (Å²) in [6, 6.07) is 0. The molecule has 0 aliphatic rings. The van der Waals surface area contributed by atoms with Crippen LogP contribution < -0.4 is 0 Å². The van der Waals surface area contributed by atoms with Crippen LogP contribution in [0.15, 0.2) is 25.3 Å². The van der Waals surface area contributed by atoms with E-state index >= 15 is 0 Å². The monoisotopic (exact) mass is 477 g/mol. The molecular weight excluding hydrogens is 414 g/mol. The van der Waals surface area contributed by atoms with E-state index in [1.54, 1.807) is 35.1 Å². The van der Waals surface area contributed by atoms with Crippen LogP contribution in [0.25, 0.3) is 0 Å². The topological polar surface area (TPSA) is 0 Å². The molecule has 189 valence electrons. The lowest BCUT2D eigenvalue weighted by molar-refractivity contribution is 0.610. The molecule has 0 fully saturated rings. The molecular formula is C30H63Al2. The molecule has 0 nitrogen and oxygen atoms in total. The van der Waals surface area contributed by atoms with Gasteiger partial charge in [0.05, 0.1) is 0 Å². The van der Waals surface area contributed by atoms with Crippen molar-refractivity contribution in [2.24, 2.45) is 0 Å². The zero-order valence-electron chi connectivity index (χ0n) is 23.0. The van der Waals surface area contributed by atoms with Gasteiger partial charge in [0, 0.05) is 1.43 Å². The van der Waals surface area contributed by atoms with Gasteiger partial charge >= 0.3 is 0 Å². The maximum absolute atomic E-state index is 3.62. The average molecular weight is 478 g/mol. The van der Waals surface area contributed by atoms with Crippen molar-refractivity contribution in [3.8, 4) is 0 Å². The molecule has 0 saturated heterocycles. The zero-order valence-corrected chi connectivity index (χ0v) is 25.3. The molecule has 0 amide bonds. The van der Waals surface area contributed by atoms with Crippen molar-refractivity contribution >= 4 is 29.4 Å². The van der Waals surface area contributed by atoms with Gasteiger partial charge in [-0.2, -0.15) is 0 Å². The van der Waals surface area contributed by atoms with Crippen molar-refractivity contribution < 1.29 is 1.43 Å². The van der Waals surface area contributed by atoms with Crippen molar-refractivity contribution in [2.45, 2.75) is 163 Å². The molecule has 2 heteroatoms. The fourth-order valence-electron chi connectivity index (χ4n) is 4.40. The zero-order chi connectivity index (χ0) is 24.0. The lowest BCUT2D eigenvalue weighted by Crippen LogP contribution is -2.12. The minimum absolute atomic E-state index is 0. The first kappa shape index (κ1) is 34.7. The highest BCUT2D eigenvalue weighted by molar-refractivity contribution is 6.58. The summed E-state index contributed by atoms with van der Waals surface area (Å²) in [6.45, 7) is 14.2. The van der Waals surface area contributed by atoms with Gasteiger partial charge < -0.3 is 0 Å². The Kier molecular flexibility index (Phi) is 36.6. The summed E-state index contributed by atoms with van der Waals surface area (Å²) in [5.41, 5.74) is 0. The van der Waals surface area contributed by atoms with Crippen molar-refractivity contribution in [2.75, 3.05) is 0 Å². The summed E-state index contributed by atoms with van der Waals surface area (Å²) in [6.07, 6.45) is 30.7. The van der Waals surface area contributed by atoms with Gasteiger partial charge in [-0.25, -0.2) is 0 Å². The summed E-state index contributed by atoms with van der Waals surface area (Å²) >= 11 is 0.175. The summed E-state index contributed by atoms with van der Waals surface area (Å²) in [7, 11) is 0. The number of hydrogen-bond acceptors (Lipinski definition) is 0. The number of hydrogen-bond donors (Lipinski definition) is 0. The maximum atomic E-state index is 3.62. The number of rotatable bonds is 25. The van der Waals surface area contributed by atoms with Crippen LogP contribution in [0.5, 0.6) is 0 Å². The number of unbranched alkanes of at least 4 members (excludes halogenated alkanes) is 15. The van der Waals surface area contributed by atoms with E-state index in [0.717, 1.165) is 0 Å². The minimum Gasteiger partial charge on any atom is -0.106 e. The summed E-state index contributed by atoms with van der Waals surface area (Å²) in [5, 5.41) is 7.39. The SMILES string of the molecule is C=C[CH2][Al][CH2]C=C.CCCCCCC[CH2][Al]([CH2]CCCCCCC)[CH2]CCCCCCC.[HH]. The lowest BCUT2D eigenvalue weighted by Gasteiger charge is -2.12. The van der Waals surface area contributed by atoms with Gasteiger partial charge in [-0.15, -0.1) is 25.3 Å². The van der Waals surface area contributed by atoms with E-state index in [0.29, 0.717) is 15.2 Å². The summed E-state index contributed by atoms with van der Waals surface area (Å²) in [4.78, 5) is 0. The van der Waals surface area contributed by atoms with E-state index in [1.807, 2.05) is 12.2 Å². The van der Waals surface area contributed by atoms with E-state index in [2.05, 4.69) is 33.9 Å². The first-order chi connectivity index (χ1) is 15.8. The van der Waals surface area contributed by atoms with Crippen molar-refractivity contribution in [1.29, 1.82) is 0 Å². The van der Waals surface area contributed by atoms with Crippen molar-refractivity contribution in [1.82, 2.24) is 0 Å². The van der Waals surface area contributed by atoms with Gasteiger partial charge in [-0.3, -0.25) is 0 Å². The largest absolute Gasteiger partial charge is 0.261 e. The molecule has 0 bridgehead atoms. The molecule has 0 saturated carbocycles. The molecule has 0 atom stereocenters. The Bertz CT molecular complexity index is 300. The summed E-state index contributed by atoms with van der Waals surface area (Å²) < 4.78 is 0. The fraction of sp³-hybridized carbons (Fsp3) is 0.867. The van der Waals surface area contributed by atoms with Crippen LogP contribution in [0.1, 0.15) is 138 Å². The lowest BCUT2D eigenvalue weighted by atomic mass is 10.1. The molecule has 0 aromatic carbocycles. The quantitative estimate of drug-likeness (QED) is 0.0696. The highest BCUT2D eigenvalue weighted by Crippen LogP contribution is 2.20. The molecule has 0 rings (SSSR count). The third-order valence-corrected chi connectivity index (χ3v) is 11.6. The van der Waals surface area contributed by atoms with Crippen LogP contribution >= 0.6 is 0 Å². The van der Waals surface area contributed by atoms with Crippen LogP contribution in [0.3, 0.4) is 0 Å². The Morgan fingerprint density at radius 3 is 1.06 bits per heavy atom. The molecule has 0 aliphatic heterocycles. The van der Waals surface area contributed by atoms with Crippen LogP contribution in [0.4, 0.5) is 0 Å². The molecule has 0 unspecified atom stereocenters. The van der Waals surface area contributed by atoms with Gasteiger partial charge in [0.25, 0.3) is 14.1 Å². The van der Waals surface area contributed by atoms with Gasteiger partial charge in [0.2, 0.25) is 15.2 Å². The number of allylic oxidation sites excluding steroid dienone is 2. The van der Waals surface area contributed by atoms with Crippen LogP contribution in [-0.4, -0.2) is 29.4 Å². The van der Waals surface area contributed by atoms with Gasteiger partial charge in [-0.05, 0) is 0 Å². The fourth-order valence-corrected chi connectivity index (χ4v) is 8.53. The molecule has 0 N–H and O–H groups in total. The highest BCUT2D eigenvalue weighted by Gasteiger charge is 2.15. The second kappa shape index (κ2) is 33.7. The first-order valence-electron chi connectivity index (χ1n) is 14.8. The average Bonchev–Trinajstić information content (AvgIpc) is 2.81. The van der Waals surface area contributed by atoms with Crippen LogP contribution in [0.2, 0.25) is 26.4 Å². The highest BCUT2D eigenvalue weighted by atomic mass is 27.2. The van der Waals surface area contributed by atoms with E-state index in [9.17, 15) is 0 Å². The van der Waals surface area contributed by atoms with Gasteiger partial charge in [0.15, 0.2) is 0 Å². The summed E-state index contributed by atoms with van der Waals surface area (Å²) in [5.74, 6) is 0. The van der Waals surface area contributed by atoms with Crippen LogP contribution in [0, 0.1) is 0 Å². The second-order valence-electron chi connectivity index (χ2n) is 9.87. The Morgan fingerprint density at radius 2 is 0.781 bits per heavy atom. The maximum Gasteiger partial charge on any atom is 0.261 e. The van der Waals surface area contributed by atoms with Crippen molar-refractivity contribution in [3.63, 3.8) is 0 Å². The molecule has 0 spiro atoms. The van der Waals surface area contributed by atoms with E-state index < -0.39 is 14.1 Å². The Hall–Kier alpha value is 0.545. The third-order valence-electron chi connectivity index (χ3n) is 6.56. The smallest absolute Gasteiger partial charge is 0.106 e. The molecule has 0 aromatic rings. The van der Waals surface area contributed by atoms with Crippen LogP contribution in [-0.2, 0) is 0 Å². The van der Waals surface area contributed by atoms with E-state index in [1.165, 1.54) is 107 Å². The molecule has 0 aliphatic carbocycles. The first-order valence-corrected chi connectivity index (χ1v) is 18.9. The Labute approximate surface area is 218 Å². The second-order valence-corrected chi connectivity index (χ2v) is 14.9. The standard InChI is InChI=1S/3C8H17.2C3H5.2Al.H2/c3*1-3-5-7-8-6-4-2;2*1-3-2;;;/h3*1,3-8H2,2H3;2*3H,1-2H2;;;1H. The predicted molar refractivity (Wildman–Crippen MR) is 158 cm³/mol. The van der Waals surface area contributed by atoms with Crippen molar-refractivity contribution in [3.05, 3.63) is 25.3 Å².